The van der Waals surface area contributed by atoms with E-state index in [-0.39, 0.29) is 0 Å². The molecule has 0 aromatic rings. The third-order valence-electron chi connectivity index (χ3n) is 2.53. The molecule has 0 saturated heterocycles. The zero-order valence-electron chi connectivity index (χ0n) is 7.27. The summed E-state index contributed by atoms with van der Waals surface area (Å²) in [6, 6.07) is 0.466. The third-order valence-corrected chi connectivity index (χ3v) is 2.53. The fourth-order valence-corrected chi connectivity index (χ4v) is 1.81. The Morgan fingerprint density at radius 1 is 1.45 bits per heavy atom. The van der Waals surface area contributed by atoms with Crippen molar-refractivity contribution < 1.29 is 0 Å². The highest BCUT2D eigenvalue weighted by molar-refractivity contribution is 4.96. The maximum atomic E-state index is 5.91. The van der Waals surface area contributed by atoms with Crippen molar-refractivity contribution in [1.29, 1.82) is 0 Å². The van der Waals surface area contributed by atoms with Crippen molar-refractivity contribution in [2.75, 3.05) is 0 Å². The van der Waals surface area contributed by atoms with Gasteiger partial charge in [-0.3, -0.25) is 0 Å². The third kappa shape index (κ3) is 2.55. The van der Waals surface area contributed by atoms with Crippen LogP contribution in [0.5, 0.6) is 0 Å². The van der Waals surface area contributed by atoms with E-state index in [2.05, 4.69) is 11.8 Å². The van der Waals surface area contributed by atoms with E-state index in [9.17, 15) is 0 Å². The van der Waals surface area contributed by atoms with Crippen LogP contribution in [0.15, 0.2) is 0 Å². The van der Waals surface area contributed by atoms with Crippen LogP contribution in [0.1, 0.15) is 39.0 Å². The molecule has 1 saturated carbocycles. The molecule has 0 radical (unpaired) electrons. The van der Waals surface area contributed by atoms with E-state index in [4.69, 9.17) is 5.73 Å². The average Bonchev–Trinajstić information content (AvgIpc) is 2.37. The molecule has 0 bridgehead atoms. The molecule has 1 rings (SSSR count). The topological polar surface area (TPSA) is 26.0 Å². The normalized spacial score (nSPS) is 29.6. The van der Waals surface area contributed by atoms with Crippen molar-refractivity contribution in [3.05, 3.63) is 0 Å². The first-order chi connectivity index (χ1) is 5.34. The SMILES string of the molecule is CC#CCCC1CCCC1N. The van der Waals surface area contributed by atoms with E-state index < -0.39 is 0 Å². The standard InChI is InChI=1S/C10H17N/c1-2-3-4-6-9-7-5-8-10(9)11/h9-10H,4-8,11H2,1H3. The van der Waals surface area contributed by atoms with Crippen LogP contribution in [0.2, 0.25) is 0 Å². The second-order valence-corrected chi connectivity index (χ2v) is 3.32. The molecule has 2 N–H and O–H groups in total. The van der Waals surface area contributed by atoms with Crippen LogP contribution in [0.3, 0.4) is 0 Å². The van der Waals surface area contributed by atoms with E-state index in [0.717, 1.165) is 12.3 Å². The fourth-order valence-electron chi connectivity index (χ4n) is 1.81. The molecule has 11 heavy (non-hydrogen) atoms. The molecular weight excluding hydrogens is 134 g/mol. The Morgan fingerprint density at radius 2 is 2.27 bits per heavy atom. The van der Waals surface area contributed by atoms with Crippen LogP contribution in [0, 0.1) is 17.8 Å². The van der Waals surface area contributed by atoms with Crippen molar-refractivity contribution in [2.45, 2.75) is 45.1 Å². The van der Waals surface area contributed by atoms with Gasteiger partial charge < -0.3 is 5.73 Å². The summed E-state index contributed by atoms with van der Waals surface area (Å²) in [5.41, 5.74) is 5.91. The molecule has 1 heteroatoms. The largest absolute Gasteiger partial charge is 0.327 e. The summed E-state index contributed by atoms with van der Waals surface area (Å²) < 4.78 is 0. The lowest BCUT2D eigenvalue weighted by Gasteiger charge is -2.12. The minimum Gasteiger partial charge on any atom is -0.327 e. The number of hydrogen-bond donors (Lipinski definition) is 1. The van der Waals surface area contributed by atoms with Gasteiger partial charge in [0.15, 0.2) is 0 Å². The van der Waals surface area contributed by atoms with Gasteiger partial charge in [0, 0.05) is 12.5 Å². The molecule has 0 spiro atoms. The lowest BCUT2D eigenvalue weighted by Crippen LogP contribution is -2.24. The van der Waals surface area contributed by atoms with Crippen LogP contribution < -0.4 is 5.73 Å². The Balaban J connectivity index is 2.18. The second-order valence-electron chi connectivity index (χ2n) is 3.32. The molecule has 2 unspecified atom stereocenters. The predicted octanol–water partition coefficient (Wildman–Crippen LogP) is 1.92. The average molecular weight is 151 g/mol. The molecule has 62 valence electrons. The molecule has 2 atom stereocenters. The molecule has 1 fully saturated rings. The van der Waals surface area contributed by atoms with Crippen molar-refractivity contribution in [3.63, 3.8) is 0 Å². The van der Waals surface area contributed by atoms with Gasteiger partial charge in [0.05, 0.1) is 0 Å². The Kier molecular flexibility index (Phi) is 3.45. The van der Waals surface area contributed by atoms with Gasteiger partial charge in [-0.2, -0.15) is 0 Å². The summed E-state index contributed by atoms with van der Waals surface area (Å²) in [6.07, 6.45) is 6.12. The summed E-state index contributed by atoms with van der Waals surface area (Å²) in [6.45, 7) is 1.90. The van der Waals surface area contributed by atoms with Gasteiger partial charge in [-0.15, -0.1) is 11.8 Å². The van der Waals surface area contributed by atoms with Gasteiger partial charge in [0.25, 0.3) is 0 Å². The summed E-state index contributed by atoms with van der Waals surface area (Å²) in [5.74, 6) is 6.77. The monoisotopic (exact) mass is 151 g/mol. The van der Waals surface area contributed by atoms with Gasteiger partial charge in [-0.25, -0.2) is 0 Å². The zero-order chi connectivity index (χ0) is 8.10. The first kappa shape index (κ1) is 8.62. The molecule has 0 heterocycles. The summed E-state index contributed by atoms with van der Waals surface area (Å²) in [7, 11) is 0. The van der Waals surface area contributed by atoms with Gasteiger partial charge in [0.2, 0.25) is 0 Å². The van der Waals surface area contributed by atoms with Crippen LogP contribution >= 0.6 is 0 Å². The minimum absolute atomic E-state index is 0.466. The molecule has 1 nitrogen and oxygen atoms in total. The smallest absolute Gasteiger partial charge is 0.00917 e. The Hall–Kier alpha value is -0.480. The molecular formula is C10H17N. The van der Waals surface area contributed by atoms with Crippen molar-refractivity contribution in [1.82, 2.24) is 0 Å². The summed E-state index contributed by atoms with van der Waals surface area (Å²) in [5, 5.41) is 0. The lowest BCUT2D eigenvalue weighted by atomic mass is 9.99. The van der Waals surface area contributed by atoms with Crippen LogP contribution in [0.4, 0.5) is 0 Å². The quantitative estimate of drug-likeness (QED) is 0.599. The number of rotatable bonds is 2. The van der Waals surface area contributed by atoms with E-state index >= 15 is 0 Å². The van der Waals surface area contributed by atoms with Gasteiger partial charge in [-0.05, 0) is 32.1 Å². The molecule has 0 aliphatic heterocycles. The van der Waals surface area contributed by atoms with E-state index in [1.165, 1.54) is 25.7 Å². The first-order valence-corrected chi connectivity index (χ1v) is 4.49. The fraction of sp³-hybridized carbons (Fsp3) is 0.800. The highest BCUT2D eigenvalue weighted by Gasteiger charge is 2.22. The van der Waals surface area contributed by atoms with Crippen molar-refractivity contribution >= 4 is 0 Å². The zero-order valence-corrected chi connectivity index (χ0v) is 7.27. The van der Waals surface area contributed by atoms with Crippen LogP contribution in [-0.2, 0) is 0 Å². The van der Waals surface area contributed by atoms with Crippen LogP contribution in [-0.4, -0.2) is 6.04 Å². The molecule has 0 aromatic carbocycles. The summed E-state index contributed by atoms with van der Waals surface area (Å²) >= 11 is 0. The van der Waals surface area contributed by atoms with E-state index in [0.29, 0.717) is 6.04 Å². The number of nitrogens with two attached hydrogens (primary N) is 1. The van der Waals surface area contributed by atoms with Crippen molar-refractivity contribution in [3.8, 4) is 11.8 Å². The van der Waals surface area contributed by atoms with E-state index in [1.807, 2.05) is 6.92 Å². The predicted molar refractivity (Wildman–Crippen MR) is 48.0 cm³/mol. The van der Waals surface area contributed by atoms with E-state index in [1.54, 1.807) is 0 Å². The highest BCUT2D eigenvalue weighted by atomic mass is 14.7. The lowest BCUT2D eigenvalue weighted by molar-refractivity contribution is 0.453. The Morgan fingerprint density at radius 3 is 2.82 bits per heavy atom. The molecule has 0 aromatic heterocycles. The van der Waals surface area contributed by atoms with Gasteiger partial charge in [-0.1, -0.05) is 6.42 Å². The first-order valence-electron chi connectivity index (χ1n) is 4.49. The Labute approximate surface area is 69.4 Å². The molecule has 1 aliphatic carbocycles. The maximum Gasteiger partial charge on any atom is 0.00917 e. The summed E-state index contributed by atoms with van der Waals surface area (Å²) in [4.78, 5) is 0. The number of hydrogen-bond acceptors (Lipinski definition) is 1. The molecule has 1 aliphatic rings. The van der Waals surface area contributed by atoms with Gasteiger partial charge in [0.1, 0.15) is 0 Å². The van der Waals surface area contributed by atoms with Crippen LogP contribution in [0.25, 0.3) is 0 Å². The van der Waals surface area contributed by atoms with Crippen molar-refractivity contribution in [2.24, 2.45) is 11.7 Å². The van der Waals surface area contributed by atoms with Gasteiger partial charge >= 0.3 is 0 Å². The second kappa shape index (κ2) is 4.41. The molecule has 0 amide bonds. The minimum atomic E-state index is 0.466. The Bertz CT molecular complexity index is 163. The highest BCUT2D eigenvalue weighted by Crippen LogP contribution is 2.27. The maximum absolute atomic E-state index is 5.91.